The molecule has 16 heavy (non-hydrogen) atoms. The summed E-state index contributed by atoms with van der Waals surface area (Å²) in [5.41, 5.74) is -0.372. The molecule has 5 nitrogen and oxygen atoms in total. The first-order valence-corrected chi connectivity index (χ1v) is 5.06. The van der Waals surface area contributed by atoms with Gasteiger partial charge in [-0.2, -0.15) is 0 Å². The van der Waals surface area contributed by atoms with Crippen molar-refractivity contribution < 1.29 is 0 Å². The molecule has 2 heterocycles. The average molecular weight is 218 g/mol. The van der Waals surface area contributed by atoms with Crippen LogP contribution in [0.4, 0.5) is 0 Å². The van der Waals surface area contributed by atoms with E-state index >= 15 is 0 Å². The number of hydrogen-bond acceptors (Lipinski definition) is 3. The van der Waals surface area contributed by atoms with Crippen molar-refractivity contribution >= 4 is 0 Å². The van der Waals surface area contributed by atoms with Gasteiger partial charge in [-0.25, -0.2) is 9.97 Å². The van der Waals surface area contributed by atoms with Gasteiger partial charge in [0.1, 0.15) is 6.33 Å². The van der Waals surface area contributed by atoms with Crippen molar-refractivity contribution in [2.45, 2.75) is 26.3 Å². The van der Waals surface area contributed by atoms with Gasteiger partial charge < -0.3 is 4.57 Å². The fourth-order valence-corrected chi connectivity index (χ4v) is 1.49. The molecule has 0 bridgehead atoms. The van der Waals surface area contributed by atoms with Crippen LogP contribution in [0.1, 0.15) is 20.8 Å². The molecule has 0 amide bonds. The Morgan fingerprint density at radius 2 is 1.94 bits per heavy atom. The molecule has 0 N–H and O–H groups in total. The van der Waals surface area contributed by atoms with Crippen LogP contribution in [0.25, 0.3) is 5.82 Å². The lowest BCUT2D eigenvalue weighted by Gasteiger charge is -2.22. The molecule has 0 aliphatic rings. The lowest BCUT2D eigenvalue weighted by atomic mass is 10.1. The van der Waals surface area contributed by atoms with E-state index < -0.39 is 0 Å². The highest BCUT2D eigenvalue weighted by atomic mass is 16.1. The first-order valence-electron chi connectivity index (χ1n) is 5.06. The van der Waals surface area contributed by atoms with Crippen LogP contribution >= 0.6 is 0 Å². The van der Waals surface area contributed by atoms with Crippen LogP contribution in [-0.2, 0) is 5.54 Å². The van der Waals surface area contributed by atoms with Crippen molar-refractivity contribution in [3.8, 4) is 5.82 Å². The van der Waals surface area contributed by atoms with Crippen LogP contribution in [0.2, 0.25) is 0 Å². The standard InChI is InChI=1S/C11H14N4O/c1-11(2,3)15-7-5-13-9(10(15)16)14-6-4-12-8-14/h4-8H,1-3H3. The summed E-state index contributed by atoms with van der Waals surface area (Å²) in [4.78, 5) is 20.2. The van der Waals surface area contributed by atoms with E-state index in [1.165, 1.54) is 0 Å². The van der Waals surface area contributed by atoms with Crippen molar-refractivity contribution in [1.29, 1.82) is 0 Å². The maximum Gasteiger partial charge on any atom is 0.294 e. The number of nitrogens with zero attached hydrogens (tertiary/aromatic N) is 4. The van der Waals surface area contributed by atoms with E-state index in [1.807, 2.05) is 20.8 Å². The van der Waals surface area contributed by atoms with Gasteiger partial charge >= 0.3 is 0 Å². The van der Waals surface area contributed by atoms with Crippen molar-refractivity contribution in [2.24, 2.45) is 0 Å². The van der Waals surface area contributed by atoms with Crippen LogP contribution in [0.5, 0.6) is 0 Å². The van der Waals surface area contributed by atoms with Gasteiger partial charge in [0.15, 0.2) is 0 Å². The van der Waals surface area contributed by atoms with Crippen LogP contribution in [0.15, 0.2) is 35.9 Å². The highest BCUT2D eigenvalue weighted by Gasteiger charge is 2.16. The Morgan fingerprint density at radius 3 is 2.50 bits per heavy atom. The summed E-state index contributed by atoms with van der Waals surface area (Å²) in [6.07, 6.45) is 8.22. The molecule has 0 aromatic carbocycles. The maximum atomic E-state index is 12.2. The predicted molar refractivity (Wildman–Crippen MR) is 60.6 cm³/mol. The molecule has 0 aliphatic carbocycles. The van der Waals surface area contributed by atoms with Gasteiger partial charge in [0.05, 0.1) is 0 Å². The average Bonchev–Trinajstić information content (AvgIpc) is 2.69. The summed E-state index contributed by atoms with van der Waals surface area (Å²) in [7, 11) is 0. The fourth-order valence-electron chi connectivity index (χ4n) is 1.49. The number of imidazole rings is 1. The van der Waals surface area contributed by atoms with Gasteiger partial charge in [-0.15, -0.1) is 0 Å². The first-order chi connectivity index (χ1) is 7.50. The summed E-state index contributed by atoms with van der Waals surface area (Å²) < 4.78 is 3.28. The highest BCUT2D eigenvalue weighted by molar-refractivity contribution is 5.18. The summed E-state index contributed by atoms with van der Waals surface area (Å²) in [6.45, 7) is 5.93. The van der Waals surface area contributed by atoms with Gasteiger partial charge in [-0.1, -0.05) is 0 Å². The Morgan fingerprint density at radius 1 is 1.19 bits per heavy atom. The minimum absolute atomic E-state index is 0.118. The Hall–Kier alpha value is -1.91. The summed E-state index contributed by atoms with van der Waals surface area (Å²) >= 11 is 0. The molecule has 0 spiro atoms. The van der Waals surface area contributed by atoms with Gasteiger partial charge in [0, 0.05) is 30.3 Å². The van der Waals surface area contributed by atoms with E-state index in [0.717, 1.165) is 0 Å². The molecule has 0 atom stereocenters. The molecule has 0 aliphatic heterocycles. The van der Waals surface area contributed by atoms with Crippen LogP contribution in [-0.4, -0.2) is 19.1 Å². The van der Waals surface area contributed by atoms with Crippen molar-refractivity contribution in [2.75, 3.05) is 0 Å². The molecule has 0 saturated heterocycles. The van der Waals surface area contributed by atoms with Crippen molar-refractivity contribution in [3.05, 3.63) is 41.5 Å². The molecular weight excluding hydrogens is 204 g/mol. The molecule has 84 valence electrons. The zero-order valence-corrected chi connectivity index (χ0v) is 9.58. The first kappa shape index (κ1) is 10.6. The molecular formula is C11H14N4O. The Balaban J connectivity index is 2.63. The topological polar surface area (TPSA) is 52.7 Å². The zero-order chi connectivity index (χ0) is 11.8. The van der Waals surface area contributed by atoms with Gasteiger partial charge in [0.25, 0.3) is 5.56 Å². The summed E-state index contributed by atoms with van der Waals surface area (Å²) in [6, 6.07) is 0. The van der Waals surface area contributed by atoms with Crippen LogP contribution < -0.4 is 5.56 Å². The lowest BCUT2D eigenvalue weighted by molar-refractivity contribution is 0.381. The minimum Gasteiger partial charge on any atom is -0.306 e. The van der Waals surface area contributed by atoms with Crippen molar-refractivity contribution in [1.82, 2.24) is 19.1 Å². The van der Waals surface area contributed by atoms with E-state index in [4.69, 9.17) is 0 Å². The summed E-state index contributed by atoms with van der Waals surface area (Å²) in [5, 5.41) is 0. The molecule has 2 rings (SSSR count). The second-order valence-corrected chi connectivity index (χ2v) is 4.57. The molecule has 0 unspecified atom stereocenters. The van der Waals surface area contributed by atoms with Gasteiger partial charge in [-0.3, -0.25) is 9.36 Å². The van der Waals surface area contributed by atoms with Crippen LogP contribution in [0.3, 0.4) is 0 Å². The van der Waals surface area contributed by atoms with E-state index in [9.17, 15) is 4.79 Å². The smallest absolute Gasteiger partial charge is 0.294 e. The molecule has 0 saturated carbocycles. The molecule has 0 fully saturated rings. The lowest BCUT2D eigenvalue weighted by Crippen LogP contribution is -2.35. The highest BCUT2D eigenvalue weighted by Crippen LogP contribution is 2.10. The van der Waals surface area contributed by atoms with Gasteiger partial charge in [0.2, 0.25) is 5.82 Å². The van der Waals surface area contributed by atoms with E-state index in [2.05, 4.69) is 9.97 Å². The van der Waals surface area contributed by atoms with Gasteiger partial charge in [-0.05, 0) is 20.8 Å². The third kappa shape index (κ3) is 1.76. The molecule has 2 aromatic rings. The third-order valence-electron chi connectivity index (χ3n) is 2.29. The molecule has 5 heteroatoms. The normalized spacial score (nSPS) is 11.7. The largest absolute Gasteiger partial charge is 0.306 e. The Kier molecular flexibility index (Phi) is 2.38. The number of hydrogen-bond donors (Lipinski definition) is 0. The minimum atomic E-state index is -0.255. The second kappa shape index (κ2) is 3.59. The second-order valence-electron chi connectivity index (χ2n) is 4.57. The monoisotopic (exact) mass is 218 g/mol. The van der Waals surface area contributed by atoms with E-state index in [0.29, 0.717) is 5.82 Å². The predicted octanol–water partition coefficient (Wildman–Crippen LogP) is 1.18. The van der Waals surface area contributed by atoms with E-state index in [-0.39, 0.29) is 11.1 Å². The Labute approximate surface area is 93.4 Å². The van der Waals surface area contributed by atoms with Crippen LogP contribution in [0, 0.1) is 0 Å². The SMILES string of the molecule is CC(C)(C)n1ccnc(-n2ccnc2)c1=O. The maximum absolute atomic E-state index is 12.2. The fraction of sp³-hybridized carbons (Fsp3) is 0.364. The van der Waals surface area contributed by atoms with Crippen molar-refractivity contribution in [3.63, 3.8) is 0 Å². The Bertz CT molecular complexity index is 534. The molecule has 0 radical (unpaired) electrons. The molecule has 2 aromatic heterocycles. The summed E-state index contributed by atoms with van der Waals surface area (Å²) in [5.74, 6) is 0.370. The van der Waals surface area contributed by atoms with E-state index in [1.54, 1.807) is 40.2 Å². The number of aromatic nitrogens is 4. The zero-order valence-electron chi connectivity index (χ0n) is 9.58. The third-order valence-corrected chi connectivity index (χ3v) is 2.29. The quantitative estimate of drug-likeness (QED) is 0.722. The number of rotatable bonds is 1.